The summed E-state index contributed by atoms with van der Waals surface area (Å²) >= 11 is 1.47. The van der Waals surface area contributed by atoms with Crippen LogP contribution in [0.5, 0.6) is 5.88 Å². The van der Waals surface area contributed by atoms with E-state index in [4.69, 9.17) is 19.4 Å². The number of hydrogen-bond acceptors (Lipinski definition) is 10. The smallest absolute Gasteiger partial charge is 0.408 e. The zero-order valence-electron chi connectivity index (χ0n) is 32.8. The molecule has 0 radical (unpaired) electrons. The van der Waals surface area contributed by atoms with Gasteiger partial charge in [-0.1, -0.05) is 63.2 Å². The van der Waals surface area contributed by atoms with E-state index in [9.17, 15) is 24.0 Å². The van der Waals surface area contributed by atoms with Crippen molar-refractivity contribution in [2.75, 3.05) is 11.9 Å². The van der Waals surface area contributed by atoms with Gasteiger partial charge in [-0.15, -0.1) is 17.9 Å². The van der Waals surface area contributed by atoms with Crippen LogP contribution in [0.25, 0.3) is 21.6 Å². The number of amides is 6. The Bertz CT molecular complexity index is 2150. The molecule has 300 valence electrons. The summed E-state index contributed by atoms with van der Waals surface area (Å²) in [5, 5.41) is 10.1. The largest absolute Gasteiger partial charge is 0.471 e. The Hall–Kier alpha value is -6.03. The van der Waals surface area contributed by atoms with Crippen LogP contribution < -0.4 is 31.5 Å². The molecule has 2 fully saturated rings. The SMILES string of the molecule is C=C[C@@H]1C[C@@]1(NC(=O)[C@@H]1C[C@@H](Oc2nc3ccccc3nc2-c2cccs2)CN1C(=O)[C@@H](NC(=O)OC(C)(C)C)C(C)(C)C)C(=O)NNC(=O)Nc1ccccc1. The number of carbonyl (C=O) groups excluding carboxylic acids is 5. The predicted molar refractivity (Wildman–Crippen MR) is 216 cm³/mol. The van der Waals surface area contributed by atoms with Crippen molar-refractivity contribution in [3.05, 3.63) is 84.8 Å². The topological polar surface area (TPSA) is 193 Å². The van der Waals surface area contributed by atoms with Crippen molar-refractivity contribution in [2.24, 2.45) is 11.3 Å². The molecule has 4 aromatic rings. The van der Waals surface area contributed by atoms with Crippen LogP contribution in [0.4, 0.5) is 15.3 Å². The first kappa shape index (κ1) is 40.6. The van der Waals surface area contributed by atoms with Gasteiger partial charge in [0.1, 0.15) is 35.0 Å². The molecule has 0 spiro atoms. The van der Waals surface area contributed by atoms with Gasteiger partial charge in [0.25, 0.3) is 5.91 Å². The highest BCUT2D eigenvalue weighted by Crippen LogP contribution is 2.45. The van der Waals surface area contributed by atoms with Gasteiger partial charge >= 0.3 is 12.1 Å². The van der Waals surface area contributed by atoms with E-state index in [2.05, 4.69) is 33.4 Å². The Morgan fingerprint density at radius 2 is 1.61 bits per heavy atom. The first-order valence-corrected chi connectivity index (χ1v) is 19.5. The summed E-state index contributed by atoms with van der Waals surface area (Å²) in [5.41, 5.74) is 3.94. The number of anilines is 1. The lowest BCUT2D eigenvalue weighted by molar-refractivity contribution is -0.143. The lowest BCUT2D eigenvalue weighted by Gasteiger charge is -2.36. The standard InChI is InChI=1S/C41H48N8O7S/c1-8-24-22-41(24,36(52)47-48-37(53)42-25-15-10-9-11-16-25)46-33(50)29-21-26(23-49(29)35(51)32(39(2,3)4)45-38(54)56-40(5,6)7)55-34-31(30-19-14-20-57-30)43-27-17-12-13-18-28(27)44-34/h8-20,24,26,29,32H,1,21-23H2,2-7H3,(H,45,54)(H,46,50)(H,47,52)(H2,42,48,53)/t24-,26-,29+,32-,41+/m1/s1. The van der Waals surface area contributed by atoms with E-state index >= 15 is 0 Å². The molecule has 57 heavy (non-hydrogen) atoms. The molecule has 2 aromatic heterocycles. The maximum Gasteiger partial charge on any atom is 0.408 e. The third-order valence-electron chi connectivity index (χ3n) is 9.57. The molecule has 6 rings (SSSR count). The molecule has 2 aromatic carbocycles. The molecule has 6 amide bonds. The number of hydrazine groups is 1. The predicted octanol–water partition coefficient (Wildman–Crippen LogP) is 5.56. The third kappa shape index (κ3) is 9.51. The monoisotopic (exact) mass is 796 g/mol. The summed E-state index contributed by atoms with van der Waals surface area (Å²) in [6.45, 7) is 14.3. The molecule has 15 nitrogen and oxygen atoms in total. The fourth-order valence-corrected chi connectivity index (χ4v) is 7.36. The minimum Gasteiger partial charge on any atom is -0.471 e. The minimum absolute atomic E-state index is 0.0213. The molecular formula is C41H48N8O7S. The highest BCUT2D eigenvalue weighted by molar-refractivity contribution is 7.13. The van der Waals surface area contributed by atoms with E-state index in [-0.39, 0.29) is 25.3 Å². The van der Waals surface area contributed by atoms with Gasteiger partial charge in [-0.3, -0.25) is 19.8 Å². The Balaban J connectivity index is 1.27. The highest BCUT2D eigenvalue weighted by Gasteiger charge is 2.61. The van der Waals surface area contributed by atoms with Crippen LogP contribution in [-0.2, 0) is 19.1 Å². The van der Waals surface area contributed by atoms with Crippen LogP contribution in [-0.4, -0.2) is 80.6 Å². The van der Waals surface area contributed by atoms with Crippen LogP contribution in [0.2, 0.25) is 0 Å². The maximum absolute atomic E-state index is 14.6. The first-order valence-electron chi connectivity index (χ1n) is 18.6. The van der Waals surface area contributed by atoms with Crippen molar-refractivity contribution < 1.29 is 33.4 Å². The quantitative estimate of drug-likeness (QED) is 0.101. The molecule has 5 atom stereocenters. The Morgan fingerprint density at radius 1 is 0.930 bits per heavy atom. The van der Waals surface area contributed by atoms with Crippen LogP contribution in [0.1, 0.15) is 54.4 Å². The van der Waals surface area contributed by atoms with Gasteiger partial charge in [-0.05, 0) is 68.3 Å². The van der Waals surface area contributed by atoms with Crippen LogP contribution in [0.3, 0.4) is 0 Å². The zero-order valence-corrected chi connectivity index (χ0v) is 33.6. The van der Waals surface area contributed by atoms with E-state index in [1.54, 1.807) is 78.0 Å². The second-order valence-electron chi connectivity index (χ2n) is 16.2. The summed E-state index contributed by atoms with van der Waals surface area (Å²) in [6, 6.07) is 16.9. The normalized spacial score (nSPS) is 20.8. The molecule has 0 unspecified atom stereocenters. The third-order valence-corrected chi connectivity index (χ3v) is 10.4. The molecule has 1 aliphatic carbocycles. The average molecular weight is 797 g/mol. The number of fused-ring (bicyclic) bond motifs is 1. The van der Waals surface area contributed by atoms with Gasteiger partial charge in [0.05, 0.1) is 22.5 Å². The number of ether oxygens (including phenoxy) is 2. The van der Waals surface area contributed by atoms with Crippen molar-refractivity contribution >= 4 is 57.9 Å². The number of nitrogens with zero attached hydrogens (tertiary/aromatic N) is 3. The number of nitrogens with one attached hydrogen (secondary N) is 5. The summed E-state index contributed by atoms with van der Waals surface area (Å²) in [5.74, 6) is -2.07. The van der Waals surface area contributed by atoms with Gasteiger partial charge in [0.2, 0.25) is 17.7 Å². The lowest BCUT2D eigenvalue weighted by atomic mass is 9.85. The fourth-order valence-electron chi connectivity index (χ4n) is 6.66. The van der Waals surface area contributed by atoms with Gasteiger partial charge in [-0.2, -0.15) is 0 Å². The summed E-state index contributed by atoms with van der Waals surface area (Å²) < 4.78 is 12.1. The van der Waals surface area contributed by atoms with E-state index in [1.165, 1.54) is 16.2 Å². The van der Waals surface area contributed by atoms with Crippen molar-refractivity contribution in [1.29, 1.82) is 0 Å². The summed E-state index contributed by atoms with van der Waals surface area (Å²) in [4.78, 5) is 80.2. The van der Waals surface area contributed by atoms with E-state index in [0.29, 0.717) is 22.4 Å². The van der Waals surface area contributed by atoms with Gasteiger partial charge in [0.15, 0.2) is 0 Å². The number of alkyl carbamates (subject to hydrolysis) is 1. The second-order valence-corrected chi connectivity index (χ2v) is 17.1. The number of hydrogen-bond donors (Lipinski definition) is 5. The molecule has 1 saturated carbocycles. The molecule has 3 heterocycles. The Kier molecular flexibility index (Phi) is 11.6. The summed E-state index contributed by atoms with van der Waals surface area (Å²) in [7, 11) is 0. The van der Waals surface area contributed by atoms with E-state index in [0.717, 1.165) is 4.88 Å². The minimum atomic E-state index is -1.46. The average Bonchev–Trinajstić information content (AvgIpc) is 3.43. The van der Waals surface area contributed by atoms with Crippen LogP contribution in [0, 0.1) is 11.3 Å². The first-order chi connectivity index (χ1) is 27.0. The second kappa shape index (κ2) is 16.2. The van der Waals surface area contributed by atoms with Gasteiger partial charge in [0, 0.05) is 18.0 Å². The number of likely N-dealkylation sites (tertiary alicyclic amines) is 1. The maximum atomic E-state index is 14.6. The summed E-state index contributed by atoms with van der Waals surface area (Å²) in [6.07, 6.45) is 0.245. The van der Waals surface area contributed by atoms with Crippen molar-refractivity contribution in [1.82, 2.24) is 36.4 Å². The highest BCUT2D eigenvalue weighted by atomic mass is 32.1. The van der Waals surface area contributed by atoms with E-state index in [1.807, 2.05) is 41.8 Å². The molecule has 1 saturated heterocycles. The zero-order chi connectivity index (χ0) is 41.1. The molecule has 16 heteroatoms. The Morgan fingerprint density at radius 3 is 2.23 bits per heavy atom. The number of thiophene rings is 1. The number of para-hydroxylation sites is 3. The van der Waals surface area contributed by atoms with Crippen LogP contribution in [0.15, 0.2) is 84.8 Å². The molecule has 2 aliphatic rings. The molecule has 1 aliphatic heterocycles. The van der Waals surface area contributed by atoms with Crippen molar-refractivity contribution in [3.8, 4) is 16.5 Å². The Labute approximate surface area is 335 Å². The van der Waals surface area contributed by atoms with Crippen LogP contribution >= 0.6 is 11.3 Å². The number of aromatic nitrogens is 2. The molecular weight excluding hydrogens is 749 g/mol. The fraction of sp³-hybridized carbons (Fsp3) is 0.390. The number of urea groups is 1. The molecule has 5 N–H and O–H groups in total. The number of benzene rings is 2. The van der Waals surface area contributed by atoms with Gasteiger partial charge < -0.3 is 30.3 Å². The van der Waals surface area contributed by atoms with E-state index < -0.39 is 70.5 Å². The van der Waals surface area contributed by atoms with Crippen molar-refractivity contribution in [2.45, 2.75) is 83.7 Å². The number of rotatable bonds is 10. The lowest BCUT2D eigenvalue weighted by Crippen LogP contribution is -2.61. The number of carbonyl (C=O) groups is 5. The van der Waals surface area contributed by atoms with Crippen molar-refractivity contribution in [3.63, 3.8) is 0 Å². The molecule has 0 bridgehead atoms. The van der Waals surface area contributed by atoms with Gasteiger partial charge in [-0.25, -0.2) is 25.0 Å².